The Kier molecular flexibility index (Phi) is 6.05. The molecule has 0 bridgehead atoms. The van der Waals surface area contributed by atoms with E-state index in [0.29, 0.717) is 53.5 Å². The zero-order valence-corrected chi connectivity index (χ0v) is 17.7. The van der Waals surface area contributed by atoms with Gasteiger partial charge in [-0.1, -0.05) is 23.2 Å². The third-order valence-electron chi connectivity index (χ3n) is 4.72. The summed E-state index contributed by atoms with van der Waals surface area (Å²) < 4.78 is 7.07. The maximum Gasteiger partial charge on any atom is 0.260 e. The van der Waals surface area contributed by atoms with Crippen LogP contribution in [-0.4, -0.2) is 57.9 Å². The van der Waals surface area contributed by atoms with Crippen LogP contribution in [0.3, 0.4) is 0 Å². The molecular formula is C19H18Cl2N4O3S. The zero-order valence-electron chi connectivity index (χ0n) is 15.4. The van der Waals surface area contributed by atoms with Crippen LogP contribution in [-0.2, 0) is 11.3 Å². The van der Waals surface area contributed by atoms with Crippen molar-refractivity contribution in [1.29, 1.82) is 0 Å². The minimum Gasteiger partial charge on any atom is -0.484 e. The molecule has 0 radical (unpaired) electrons. The molecule has 0 unspecified atom stereocenters. The van der Waals surface area contributed by atoms with Crippen LogP contribution in [0.5, 0.6) is 5.75 Å². The van der Waals surface area contributed by atoms with E-state index in [1.807, 2.05) is 5.38 Å². The predicted octanol–water partition coefficient (Wildman–Crippen LogP) is 2.79. The average Bonchev–Trinajstić information content (AvgIpc) is 3.18. The normalized spacial score (nSPS) is 15.0. The van der Waals surface area contributed by atoms with E-state index in [0.717, 1.165) is 5.69 Å². The minimum atomic E-state index is -0.0768. The molecule has 10 heteroatoms. The van der Waals surface area contributed by atoms with Crippen molar-refractivity contribution in [3.8, 4) is 5.75 Å². The number of hydrogen-bond acceptors (Lipinski definition) is 6. The van der Waals surface area contributed by atoms with Crippen molar-refractivity contribution in [3.05, 3.63) is 61.9 Å². The molecule has 0 atom stereocenters. The first-order valence-corrected chi connectivity index (χ1v) is 10.7. The molecule has 0 spiro atoms. The van der Waals surface area contributed by atoms with E-state index in [4.69, 9.17) is 27.9 Å². The van der Waals surface area contributed by atoms with Gasteiger partial charge in [0.15, 0.2) is 11.6 Å². The molecule has 1 saturated heterocycles. The lowest BCUT2D eigenvalue weighted by molar-refractivity contribution is -0.135. The standard InChI is InChI=1S/C19H18Cl2N4O3S/c20-15-2-1-14(10-16(15)21)28-12-18(27)24-5-3-23(4-6-24)11-13-9-17(26)25-7-8-29-19(25)22-13/h1-2,7-10H,3-6,11-12H2. The average molecular weight is 453 g/mol. The number of ether oxygens (including phenoxy) is 1. The number of nitrogens with zero attached hydrogens (tertiary/aromatic N) is 4. The van der Waals surface area contributed by atoms with E-state index in [1.54, 1.807) is 39.8 Å². The van der Waals surface area contributed by atoms with Crippen LogP contribution in [0.25, 0.3) is 4.96 Å². The Morgan fingerprint density at radius 1 is 1.14 bits per heavy atom. The van der Waals surface area contributed by atoms with Crippen LogP contribution >= 0.6 is 34.5 Å². The minimum absolute atomic E-state index is 0.0503. The number of piperazine rings is 1. The number of amides is 1. The van der Waals surface area contributed by atoms with Crippen molar-refractivity contribution in [2.24, 2.45) is 0 Å². The van der Waals surface area contributed by atoms with Gasteiger partial charge in [-0.05, 0) is 12.1 Å². The van der Waals surface area contributed by atoms with Gasteiger partial charge < -0.3 is 9.64 Å². The highest BCUT2D eigenvalue weighted by Crippen LogP contribution is 2.26. The van der Waals surface area contributed by atoms with E-state index >= 15 is 0 Å². The Bertz CT molecular complexity index is 1090. The van der Waals surface area contributed by atoms with Gasteiger partial charge in [0.25, 0.3) is 11.5 Å². The first kappa shape index (κ1) is 20.2. The van der Waals surface area contributed by atoms with Crippen molar-refractivity contribution in [1.82, 2.24) is 19.2 Å². The van der Waals surface area contributed by atoms with Gasteiger partial charge in [0, 0.05) is 56.4 Å². The number of hydrogen-bond donors (Lipinski definition) is 0. The third kappa shape index (κ3) is 4.72. The summed E-state index contributed by atoms with van der Waals surface area (Å²) >= 11 is 13.3. The van der Waals surface area contributed by atoms with Gasteiger partial charge in [0.05, 0.1) is 15.7 Å². The fourth-order valence-corrected chi connectivity index (χ4v) is 4.18. The van der Waals surface area contributed by atoms with Gasteiger partial charge in [0.2, 0.25) is 0 Å². The van der Waals surface area contributed by atoms with Crippen molar-refractivity contribution >= 4 is 45.4 Å². The Morgan fingerprint density at radius 2 is 1.93 bits per heavy atom. The second-order valence-electron chi connectivity index (χ2n) is 6.66. The largest absolute Gasteiger partial charge is 0.484 e. The lowest BCUT2D eigenvalue weighted by atomic mass is 10.2. The summed E-state index contributed by atoms with van der Waals surface area (Å²) in [5.74, 6) is 0.430. The van der Waals surface area contributed by atoms with Crippen molar-refractivity contribution < 1.29 is 9.53 Å². The molecule has 29 heavy (non-hydrogen) atoms. The van der Waals surface area contributed by atoms with Crippen LogP contribution in [0, 0.1) is 0 Å². The Morgan fingerprint density at radius 3 is 2.69 bits per heavy atom. The molecule has 3 aromatic rings. The van der Waals surface area contributed by atoms with E-state index in [-0.39, 0.29) is 18.1 Å². The van der Waals surface area contributed by atoms with Crippen LogP contribution in [0.4, 0.5) is 0 Å². The Balaban J connectivity index is 1.28. The van der Waals surface area contributed by atoms with Crippen LogP contribution in [0.2, 0.25) is 10.0 Å². The molecule has 1 aliphatic heterocycles. The summed E-state index contributed by atoms with van der Waals surface area (Å²) in [4.78, 5) is 33.7. The summed E-state index contributed by atoms with van der Waals surface area (Å²) in [6, 6.07) is 6.48. The monoisotopic (exact) mass is 452 g/mol. The molecule has 0 aliphatic carbocycles. The molecule has 152 valence electrons. The molecule has 4 rings (SSSR count). The second kappa shape index (κ2) is 8.71. The molecule has 1 amide bonds. The quantitative estimate of drug-likeness (QED) is 0.595. The smallest absolute Gasteiger partial charge is 0.260 e. The predicted molar refractivity (Wildman–Crippen MR) is 113 cm³/mol. The molecule has 3 heterocycles. The van der Waals surface area contributed by atoms with Crippen LogP contribution in [0.1, 0.15) is 5.69 Å². The van der Waals surface area contributed by atoms with Gasteiger partial charge in [-0.15, -0.1) is 11.3 Å². The van der Waals surface area contributed by atoms with Gasteiger partial charge in [-0.2, -0.15) is 0 Å². The molecule has 1 aliphatic rings. The summed E-state index contributed by atoms with van der Waals surface area (Å²) in [6.45, 7) is 3.17. The Labute approximate surface area is 181 Å². The first-order valence-electron chi connectivity index (χ1n) is 9.03. The van der Waals surface area contributed by atoms with Crippen molar-refractivity contribution in [3.63, 3.8) is 0 Å². The van der Waals surface area contributed by atoms with Gasteiger partial charge >= 0.3 is 0 Å². The molecule has 0 N–H and O–H groups in total. The van der Waals surface area contributed by atoms with Crippen LogP contribution < -0.4 is 10.3 Å². The van der Waals surface area contributed by atoms with E-state index < -0.39 is 0 Å². The molecular weight excluding hydrogens is 435 g/mol. The molecule has 1 fully saturated rings. The fourth-order valence-electron chi connectivity index (χ4n) is 3.16. The highest BCUT2D eigenvalue weighted by atomic mass is 35.5. The number of benzene rings is 1. The maximum absolute atomic E-state index is 12.4. The van der Waals surface area contributed by atoms with E-state index in [2.05, 4.69) is 9.88 Å². The van der Waals surface area contributed by atoms with Gasteiger partial charge in [-0.3, -0.25) is 18.9 Å². The number of carbonyl (C=O) groups is 1. The third-order valence-corrected chi connectivity index (χ3v) is 6.22. The molecule has 2 aromatic heterocycles. The number of aromatic nitrogens is 2. The van der Waals surface area contributed by atoms with Crippen molar-refractivity contribution in [2.45, 2.75) is 6.54 Å². The number of carbonyl (C=O) groups excluding carboxylic acids is 1. The van der Waals surface area contributed by atoms with E-state index in [9.17, 15) is 9.59 Å². The molecule has 7 nitrogen and oxygen atoms in total. The maximum atomic E-state index is 12.4. The van der Waals surface area contributed by atoms with Crippen molar-refractivity contribution in [2.75, 3.05) is 32.8 Å². The van der Waals surface area contributed by atoms with Crippen LogP contribution in [0.15, 0.2) is 40.6 Å². The topological polar surface area (TPSA) is 67.2 Å². The summed E-state index contributed by atoms with van der Waals surface area (Å²) in [5, 5.41) is 2.67. The number of thiazole rings is 1. The zero-order chi connectivity index (χ0) is 20.4. The summed E-state index contributed by atoms with van der Waals surface area (Å²) in [7, 11) is 0. The number of halogens is 2. The highest BCUT2D eigenvalue weighted by Gasteiger charge is 2.22. The van der Waals surface area contributed by atoms with Gasteiger partial charge in [-0.25, -0.2) is 4.98 Å². The first-order chi connectivity index (χ1) is 14.0. The summed E-state index contributed by atoms with van der Waals surface area (Å²) in [5.41, 5.74) is 0.680. The fraction of sp³-hybridized carbons (Fsp3) is 0.316. The molecule has 1 aromatic carbocycles. The highest BCUT2D eigenvalue weighted by molar-refractivity contribution is 7.15. The van der Waals surface area contributed by atoms with E-state index in [1.165, 1.54) is 11.3 Å². The Hall–Kier alpha value is -2.13. The SMILES string of the molecule is O=C(COc1ccc(Cl)c(Cl)c1)N1CCN(Cc2cc(=O)n3ccsc3n2)CC1. The number of fused-ring (bicyclic) bond motifs is 1. The second-order valence-corrected chi connectivity index (χ2v) is 8.35. The molecule has 0 saturated carbocycles. The lowest BCUT2D eigenvalue weighted by Gasteiger charge is -2.34. The van der Waals surface area contributed by atoms with Gasteiger partial charge in [0.1, 0.15) is 5.75 Å². The number of rotatable bonds is 5. The summed E-state index contributed by atoms with van der Waals surface area (Å²) in [6.07, 6.45) is 1.73. The lowest BCUT2D eigenvalue weighted by Crippen LogP contribution is -2.49.